The van der Waals surface area contributed by atoms with Crippen LogP contribution in [0.5, 0.6) is 0 Å². The number of amides is 4. The second-order valence-electron chi connectivity index (χ2n) is 7.79. The van der Waals surface area contributed by atoms with Crippen LogP contribution < -0.4 is 5.32 Å². The maximum absolute atomic E-state index is 13.2. The average Bonchev–Trinajstić information content (AvgIpc) is 2.86. The van der Waals surface area contributed by atoms with Crippen molar-refractivity contribution in [3.63, 3.8) is 0 Å². The largest absolute Gasteiger partial charge is 0.372 e. The second kappa shape index (κ2) is 6.64. The molecule has 2 fully saturated rings. The molecule has 0 radical (unpaired) electrons. The third kappa shape index (κ3) is 3.00. The van der Waals surface area contributed by atoms with E-state index in [1.54, 1.807) is 4.90 Å². The van der Waals surface area contributed by atoms with E-state index in [-0.39, 0.29) is 30.6 Å². The number of urea groups is 1. The Hall–Kier alpha value is -2.41. The Balaban J connectivity index is 1.55. The Morgan fingerprint density at radius 1 is 1.22 bits per heavy atom. The first-order valence-electron chi connectivity index (χ1n) is 9.56. The Kier molecular flexibility index (Phi) is 4.42. The minimum Gasteiger partial charge on any atom is -0.372 e. The van der Waals surface area contributed by atoms with Crippen molar-refractivity contribution >= 4 is 17.8 Å². The van der Waals surface area contributed by atoms with Crippen molar-refractivity contribution in [3.8, 4) is 0 Å². The predicted octanol–water partition coefficient (Wildman–Crippen LogP) is 1.41. The molecule has 0 bridgehead atoms. The SMILES string of the molecule is C[C@@H]1CN(C(=O)CN2C(=O)N[C@@]3(CCCc4ccccc43)C2=O)C[C@H](C)O1. The van der Waals surface area contributed by atoms with Gasteiger partial charge in [0.15, 0.2) is 0 Å². The number of fused-ring (bicyclic) bond motifs is 2. The number of imide groups is 1. The fourth-order valence-electron chi connectivity index (χ4n) is 4.57. The normalized spacial score (nSPS) is 30.4. The first kappa shape index (κ1) is 18.0. The van der Waals surface area contributed by atoms with Gasteiger partial charge in [0.2, 0.25) is 5.91 Å². The molecule has 1 spiro atoms. The zero-order chi connectivity index (χ0) is 19.2. The van der Waals surface area contributed by atoms with Gasteiger partial charge < -0.3 is 15.0 Å². The summed E-state index contributed by atoms with van der Waals surface area (Å²) in [7, 11) is 0. The molecule has 0 unspecified atom stereocenters. The van der Waals surface area contributed by atoms with Crippen LogP contribution in [0.15, 0.2) is 24.3 Å². The number of carbonyl (C=O) groups is 3. The van der Waals surface area contributed by atoms with Crippen molar-refractivity contribution in [1.82, 2.24) is 15.1 Å². The lowest BCUT2D eigenvalue weighted by atomic mass is 9.76. The predicted molar refractivity (Wildman–Crippen MR) is 97.9 cm³/mol. The Bertz CT molecular complexity index is 785. The molecule has 1 aliphatic carbocycles. The van der Waals surface area contributed by atoms with Crippen molar-refractivity contribution in [3.05, 3.63) is 35.4 Å². The number of rotatable bonds is 2. The van der Waals surface area contributed by atoms with Gasteiger partial charge in [-0.1, -0.05) is 24.3 Å². The van der Waals surface area contributed by atoms with Crippen LogP contribution in [0.1, 0.15) is 37.8 Å². The molecule has 2 saturated heterocycles. The van der Waals surface area contributed by atoms with Gasteiger partial charge in [0.05, 0.1) is 12.2 Å². The number of aryl methyl sites for hydroxylation is 1. The van der Waals surface area contributed by atoms with Gasteiger partial charge >= 0.3 is 6.03 Å². The van der Waals surface area contributed by atoms with Gasteiger partial charge in [-0.3, -0.25) is 14.5 Å². The zero-order valence-corrected chi connectivity index (χ0v) is 15.7. The first-order valence-corrected chi connectivity index (χ1v) is 9.56. The maximum Gasteiger partial charge on any atom is 0.325 e. The Morgan fingerprint density at radius 3 is 2.67 bits per heavy atom. The summed E-state index contributed by atoms with van der Waals surface area (Å²) in [6.45, 7) is 4.55. The van der Waals surface area contributed by atoms with Crippen LogP contribution in [0.2, 0.25) is 0 Å². The topological polar surface area (TPSA) is 79.0 Å². The summed E-state index contributed by atoms with van der Waals surface area (Å²) in [5, 5.41) is 2.89. The number of morpholine rings is 1. The van der Waals surface area contributed by atoms with Gasteiger partial charge in [-0.15, -0.1) is 0 Å². The molecule has 0 saturated carbocycles. The van der Waals surface area contributed by atoms with E-state index in [0.29, 0.717) is 19.5 Å². The zero-order valence-electron chi connectivity index (χ0n) is 15.7. The van der Waals surface area contributed by atoms with Crippen molar-refractivity contribution in [1.29, 1.82) is 0 Å². The lowest BCUT2D eigenvalue weighted by Gasteiger charge is -2.36. The monoisotopic (exact) mass is 371 g/mol. The molecule has 2 aliphatic heterocycles. The van der Waals surface area contributed by atoms with Crippen molar-refractivity contribution < 1.29 is 19.1 Å². The number of ether oxygens (including phenoxy) is 1. The molecule has 4 amide bonds. The van der Waals surface area contributed by atoms with E-state index in [1.165, 1.54) is 0 Å². The molecule has 0 aromatic heterocycles. The molecule has 27 heavy (non-hydrogen) atoms. The number of nitrogens with one attached hydrogen (secondary N) is 1. The smallest absolute Gasteiger partial charge is 0.325 e. The highest BCUT2D eigenvalue weighted by Crippen LogP contribution is 2.39. The van der Waals surface area contributed by atoms with E-state index < -0.39 is 11.6 Å². The lowest BCUT2D eigenvalue weighted by molar-refractivity contribution is -0.147. The van der Waals surface area contributed by atoms with E-state index in [0.717, 1.165) is 28.9 Å². The van der Waals surface area contributed by atoms with E-state index >= 15 is 0 Å². The highest BCUT2D eigenvalue weighted by molar-refractivity contribution is 6.09. The second-order valence-corrected chi connectivity index (χ2v) is 7.79. The molecule has 3 atom stereocenters. The first-order chi connectivity index (χ1) is 12.9. The molecule has 1 aromatic carbocycles. The maximum atomic E-state index is 13.2. The molecular formula is C20H25N3O4. The van der Waals surface area contributed by atoms with Gasteiger partial charge in [0, 0.05) is 13.1 Å². The third-order valence-electron chi connectivity index (χ3n) is 5.72. The van der Waals surface area contributed by atoms with Crippen LogP contribution in [-0.4, -0.2) is 59.5 Å². The molecule has 2 heterocycles. The lowest BCUT2D eigenvalue weighted by Crippen LogP contribution is -2.52. The molecule has 144 valence electrons. The summed E-state index contributed by atoms with van der Waals surface area (Å²) in [5.41, 5.74) is 0.914. The summed E-state index contributed by atoms with van der Waals surface area (Å²) in [6, 6.07) is 7.25. The third-order valence-corrected chi connectivity index (χ3v) is 5.72. The van der Waals surface area contributed by atoms with Crippen LogP contribution >= 0.6 is 0 Å². The van der Waals surface area contributed by atoms with E-state index in [1.807, 2.05) is 38.1 Å². The summed E-state index contributed by atoms with van der Waals surface area (Å²) in [4.78, 5) is 41.4. The van der Waals surface area contributed by atoms with Gasteiger partial charge in [-0.05, 0) is 44.2 Å². The minimum absolute atomic E-state index is 0.0580. The van der Waals surface area contributed by atoms with Gasteiger partial charge in [-0.2, -0.15) is 0 Å². The average molecular weight is 371 g/mol. The highest BCUT2D eigenvalue weighted by Gasteiger charge is 2.54. The Labute approximate surface area is 158 Å². The summed E-state index contributed by atoms with van der Waals surface area (Å²) in [5.74, 6) is -0.538. The summed E-state index contributed by atoms with van der Waals surface area (Å²) < 4.78 is 5.65. The molecule has 1 aromatic rings. The molecule has 7 heteroatoms. The fourth-order valence-corrected chi connectivity index (χ4v) is 4.57. The van der Waals surface area contributed by atoms with Gasteiger partial charge in [0.1, 0.15) is 12.1 Å². The number of hydrogen-bond donors (Lipinski definition) is 1. The highest BCUT2D eigenvalue weighted by atomic mass is 16.5. The van der Waals surface area contributed by atoms with Crippen molar-refractivity contribution in [2.75, 3.05) is 19.6 Å². The van der Waals surface area contributed by atoms with E-state index in [2.05, 4.69) is 5.32 Å². The molecule has 3 aliphatic rings. The van der Waals surface area contributed by atoms with Crippen LogP contribution in [0, 0.1) is 0 Å². The minimum atomic E-state index is -1.03. The van der Waals surface area contributed by atoms with Crippen LogP contribution in [-0.2, 0) is 26.3 Å². The Morgan fingerprint density at radius 2 is 1.93 bits per heavy atom. The number of carbonyl (C=O) groups excluding carboxylic acids is 3. The van der Waals surface area contributed by atoms with Crippen molar-refractivity contribution in [2.24, 2.45) is 0 Å². The summed E-state index contributed by atoms with van der Waals surface area (Å²) in [6.07, 6.45) is 2.16. The van der Waals surface area contributed by atoms with E-state index in [4.69, 9.17) is 4.74 Å². The molecular weight excluding hydrogens is 346 g/mol. The fraction of sp³-hybridized carbons (Fsp3) is 0.550. The molecule has 7 nitrogen and oxygen atoms in total. The number of benzene rings is 1. The molecule has 1 N–H and O–H groups in total. The van der Waals surface area contributed by atoms with E-state index in [9.17, 15) is 14.4 Å². The number of nitrogens with zero attached hydrogens (tertiary/aromatic N) is 2. The van der Waals surface area contributed by atoms with Crippen molar-refractivity contribution in [2.45, 2.75) is 50.9 Å². The van der Waals surface area contributed by atoms with Gasteiger partial charge in [-0.25, -0.2) is 4.79 Å². The standard InChI is InChI=1S/C20H25N3O4/c1-13-10-22(11-14(2)27-13)17(24)12-23-18(25)20(21-19(23)26)9-5-7-15-6-3-4-8-16(15)20/h3-4,6,8,13-14H,5,7,9-12H2,1-2H3,(H,21,26)/t13-,14+,20-/m1/s1. The number of hydrogen-bond acceptors (Lipinski definition) is 4. The molecule has 4 rings (SSSR count). The van der Waals surface area contributed by atoms with Crippen LogP contribution in [0.25, 0.3) is 0 Å². The summed E-state index contributed by atoms with van der Waals surface area (Å²) >= 11 is 0. The quantitative estimate of drug-likeness (QED) is 0.797. The van der Waals surface area contributed by atoms with Crippen LogP contribution in [0.3, 0.4) is 0 Å². The van der Waals surface area contributed by atoms with Gasteiger partial charge in [0.25, 0.3) is 5.91 Å². The van der Waals surface area contributed by atoms with Crippen LogP contribution in [0.4, 0.5) is 4.79 Å².